The van der Waals surface area contributed by atoms with Gasteiger partial charge in [-0.05, 0) is 49.4 Å². The van der Waals surface area contributed by atoms with Crippen LogP contribution in [0.3, 0.4) is 0 Å². The van der Waals surface area contributed by atoms with Gasteiger partial charge in [0.25, 0.3) is 5.91 Å². The zero-order chi connectivity index (χ0) is 18.1. The van der Waals surface area contributed by atoms with Crippen LogP contribution < -0.4 is 5.32 Å². The number of amides is 1. The zero-order valence-corrected chi connectivity index (χ0v) is 14.0. The number of anilines is 1. The third-order valence-electron chi connectivity index (χ3n) is 4.15. The van der Waals surface area contributed by atoms with Crippen molar-refractivity contribution in [3.05, 3.63) is 83.7 Å². The number of rotatable bonds is 3. The molecule has 0 aliphatic carbocycles. The molecule has 1 heterocycles. The van der Waals surface area contributed by atoms with Crippen LogP contribution in [0.5, 0.6) is 0 Å². The fourth-order valence-electron chi connectivity index (χ4n) is 2.73. The summed E-state index contributed by atoms with van der Waals surface area (Å²) in [5.74, 6) is -0.0115. The predicted octanol–water partition coefficient (Wildman–Crippen LogP) is 5.19. The van der Waals surface area contributed by atoms with Gasteiger partial charge in [0.15, 0.2) is 5.76 Å². The highest BCUT2D eigenvalue weighted by molar-refractivity contribution is 6.07. The number of carbonyl (C=O) groups is 1. The van der Waals surface area contributed by atoms with E-state index < -0.39 is 0 Å². The Bertz CT molecular complexity index is 1080. The van der Waals surface area contributed by atoms with Crippen LogP contribution in [0, 0.1) is 12.7 Å². The number of nitrogens with one attached hydrogen (secondary N) is 1. The van der Waals surface area contributed by atoms with Gasteiger partial charge in [0.1, 0.15) is 11.3 Å². The Balaban J connectivity index is 1.68. The second-order valence-electron chi connectivity index (χ2n) is 6.07. The lowest BCUT2D eigenvalue weighted by Crippen LogP contribution is -2.11. The van der Waals surface area contributed by atoms with Crippen LogP contribution in [0.4, 0.5) is 10.1 Å². The summed E-state index contributed by atoms with van der Waals surface area (Å²) in [4.78, 5) is 12.5. The smallest absolute Gasteiger partial charge is 0.255 e. The van der Waals surface area contributed by atoms with Crippen molar-refractivity contribution in [2.45, 2.75) is 6.92 Å². The molecule has 26 heavy (non-hydrogen) atoms. The largest absolute Gasteiger partial charge is 0.355 e. The van der Waals surface area contributed by atoms with Crippen LogP contribution in [0.1, 0.15) is 15.9 Å². The van der Waals surface area contributed by atoms with Crippen LogP contribution in [0.25, 0.3) is 22.2 Å². The summed E-state index contributed by atoms with van der Waals surface area (Å²) < 4.78 is 18.5. The number of fused-ring (bicyclic) bond motifs is 1. The monoisotopic (exact) mass is 346 g/mol. The summed E-state index contributed by atoms with van der Waals surface area (Å²) >= 11 is 0. The SMILES string of the molecule is Cc1ccc(-c2onc3ccc(C(=O)Nc4ccc(F)cc4)cc23)cc1. The van der Waals surface area contributed by atoms with E-state index in [0.717, 1.165) is 16.5 Å². The standard InChI is InChI=1S/C21H15FN2O2/c1-13-2-4-14(5-3-13)20-18-12-15(6-11-19(18)24-26-20)21(25)23-17-9-7-16(22)8-10-17/h2-12H,1H3,(H,23,25). The van der Waals surface area contributed by atoms with E-state index in [1.807, 2.05) is 31.2 Å². The van der Waals surface area contributed by atoms with Gasteiger partial charge < -0.3 is 9.84 Å². The molecule has 4 rings (SSSR count). The predicted molar refractivity (Wildman–Crippen MR) is 98.5 cm³/mol. The molecular formula is C21H15FN2O2. The Morgan fingerprint density at radius 3 is 2.46 bits per heavy atom. The number of benzene rings is 3. The molecule has 1 N–H and O–H groups in total. The fraction of sp³-hybridized carbons (Fsp3) is 0.0476. The number of hydrogen-bond acceptors (Lipinski definition) is 3. The highest BCUT2D eigenvalue weighted by atomic mass is 19.1. The number of halogens is 1. The van der Waals surface area contributed by atoms with E-state index in [4.69, 9.17) is 4.52 Å². The van der Waals surface area contributed by atoms with E-state index >= 15 is 0 Å². The lowest BCUT2D eigenvalue weighted by Gasteiger charge is -2.05. The minimum Gasteiger partial charge on any atom is -0.355 e. The van der Waals surface area contributed by atoms with Gasteiger partial charge in [-0.3, -0.25) is 4.79 Å². The molecule has 0 aliphatic rings. The highest BCUT2D eigenvalue weighted by Crippen LogP contribution is 2.29. The maximum absolute atomic E-state index is 13.0. The van der Waals surface area contributed by atoms with E-state index in [1.54, 1.807) is 18.2 Å². The van der Waals surface area contributed by atoms with Crippen LogP contribution in [-0.4, -0.2) is 11.1 Å². The van der Waals surface area contributed by atoms with E-state index in [9.17, 15) is 9.18 Å². The van der Waals surface area contributed by atoms with Gasteiger partial charge in [-0.1, -0.05) is 35.0 Å². The summed E-state index contributed by atoms with van der Waals surface area (Å²) in [6.45, 7) is 2.01. The van der Waals surface area contributed by atoms with Crippen LogP contribution >= 0.6 is 0 Å². The van der Waals surface area contributed by atoms with Crippen molar-refractivity contribution < 1.29 is 13.7 Å². The Labute approximate surface area is 149 Å². The maximum Gasteiger partial charge on any atom is 0.255 e. The highest BCUT2D eigenvalue weighted by Gasteiger charge is 2.14. The van der Waals surface area contributed by atoms with Gasteiger partial charge in [0, 0.05) is 16.8 Å². The molecule has 0 saturated carbocycles. The van der Waals surface area contributed by atoms with Gasteiger partial charge in [-0.2, -0.15) is 0 Å². The molecule has 4 aromatic rings. The molecule has 0 atom stereocenters. The van der Waals surface area contributed by atoms with E-state index in [2.05, 4.69) is 10.5 Å². The van der Waals surface area contributed by atoms with Crippen molar-refractivity contribution in [1.29, 1.82) is 0 Å². The molecule has 0 radical (unpaired) electrons. The second-order valence-corrected chi connectivity index (χ2v) is 6.07. The van der Waals surface area contributed by atoms with Crippen molar-refractivity contribution >= 4 is 22.5 Å². The average Bonchev–Trinajstić information content (AvgIpc) is 3.07. The Hall–Kier alpha value is -3.47. The molecule has 1 amide bonds. The van der Waals surface area contributed by atoms with Gasteiger partial charge in [-0.25, -0.2) is 4.39 Å². The number of carbonyl (C=O) groups excluding carboxylic acids is 1. The van der Waals surface area contributed by atoms with Gasteiger partial charge in [0.05, 0.1) is 5.39 Å². The van der Waals surface area contributed by atoms with Gasteiger partial charge in [-0.15, -0.1) is 0 Å². The third kappa shape index (κ3) is 3.07. The van der Waals surface area contributed by atoms with Crippen molar-refractivity contribution in [2.75, 3.05) is 5.32 Å². The van der Waals surface area contributed by atoms with Crippen LogP contribution in [0.15, 0.2) is 71.3 Å². The van der Waals surface area contributed by atoms with Gasteiger partial charge in [0.2, 0.25) is 0 Å². The van der Waals surface area contributed by atoms with E-state index in [1.165, 1.54) is 24.3 Å². The molecule has 0 saturated heterocycles. The molecular weight excluding hydrogens is 331 g/mol. The minimum absolute atomic E-state index is 0.283. The molecule has 128 valence electrons. The first-order valence-electron chi connectivity index (χ1n) is 8.13. The lowest BCUT2D eigenvalue weighted by molar-refractivity contribution is 0.102. The van der Waals surface area contributed by atoms with Crippen LogP contribution in [0.2, 0.25) is 0 Å². The van der Waals surface area contributed by atoms with Crippen molar-refractivity contribution in [2.24, 2.45) is 0 Å². The minimum atomic E-state index is -0.350. The Kier molecular flexibility index (Phi) is 3.97. The first-order valence-corrected chi connectivity index (χ1v) is 8.13. The summed E-state index contributed by atoms with van der Waals surface area (Å²) in [7, 11) is 0. The normalized spacial score (nSPS) is 10.8. The van der Waals surface area contributed by atoms with E-state index in [0.29, 0.717) is 22.5 Å². The molecule has 4 nitrogen and oxygen atoms in total. The quantitative estimate of drug-likeness (QED) is 0.555. The van der Waals surface area contributed by atoms with Gasteiger partial charge >= 0.3 is 0 Å². The molecule has 0 bridgehead atoms. The van der Waals surface area contributed by atoms with Crippen molar-refractivity contribution in [1.82, 2.24) is 5.16 Å². The molecule has 0 spiro atoms. The number of hydrogen-bond donors (Lipinski definition) is 1. The van der Waals surface area contributed by atoms with Crippen molar-refractivity contribution in [3.8, 4) is 11.3 Å². The summed E-state index contributed by atoms with van der Waals surface area (Å²) in [6.07, 6.45) is 0. The maximum atomic E-state index is 13.0. The van der Waals surface area contributed by atoms with E-state index in [-0.39, 0.29) is 11.7 Å². The molecule has 0 aliphatic heterocycles. The molecule has 1 aromatic heterocycles. The number of aromatic nitrogens is 1. The fourth-order valence-corrected chi connectivity index (χ4v) is 2.73. The van der Waals surface area contributed by atoms with Crippen LogP contribution in [-0.2, 0) is 0 Å². The molecule has 3 aromatic carbocycles. The number of nitrogens with zero attached hydrogens (tertiary/aromatic N) is 1. The molecule has 0 fully saturated rings. The first kappa shape index (κ1) is 16.0. The lowest BCUT2D eigenvalue weighted by atomic mass is 10.0. The second kappa shape index (κ2) is 6.44. The summed E-state index contributed by atoms with van der Waals surface area (Å²) in [5.41, 5.74) is 3.73. The van der Waals surface area contributed by atoms with Crippen molar-refractivity contribution in [3.63, 3.8) is 0 Å². The summed E-state index contributed by atoms with van der Waals surface area (Å²) in [5, 5.41) is 7.58. The average molecular weight is 346 g/mol. The topological polar surface area (TPSA) is 55.1 Å². The Morgan fingerprint density at radius 1 is 1.00 bits per heavy atom. The zero-order valence-electron chi connectivity index (χ0n) is 14.0. The molecule has 5 heteroatoms. The first-order chi connectivity index (χ1) is 12.6. The third-order valence-corrected chi connectivity index (χ3v) is 4.15. The number of aryl methyl sites for hydroxylation is 1. The Morgan fingerprint density at radius 2 is 1.73 bits per heavy atom. The molecule has 0 unspecified atom stereocenters. The summed E-state index contributed by atoms with van der Waals surface area (Å²) in [6, 6.07) is 18.7.